The number of halogens is 3. The Labute approximate surface area is 188 Å². The Morgan fingerprint density at radius 1 is 1.17 bits per heavy atom. The van der Waals surface area contributed by atoms with E-state index in [9.17, 15) is 14.9 Å². The molecule has 2 aromatic carbocycles. The standard InChI is InChI=1S/C21H17Cl3N2O4/c1-3-29-19(27)11-30-20-16(23)7-13(8-17(20)24)6-14(10-25)21(28)26-18-9-15(22)5-4-12(18)2/h4-9H,3,11H2,1-2H3,(H,26,28)/b14-6+. The topological polar surface area (TPSA) is 88.4 Å². The van der Waals surface area contributed by atoms with Crippen molar-refractivity contribution in [2.75, 3.05) is 18.5 Å². The minimum atomic E-state index is -0.613. The van der Waals surface area contributed by atoms with Gasteiger partial charge in [-0.2, -0.15) is 5.26 Å². The number of aryl methyl sites for hydroxylation is 1. The van der Waals surface area contributed by atoms with Crippen molar-refractivity contribution in [2.45, 2.75) is 13.8 Å². The van der Waals surface area contributed by atoms with Gasteiger partial charge in [-0.25, -0.2) is 4.79 Å². The van der Waals surface area contributed by atoms with E-state index in [1.165, 1.54) is 18.2 Å². The zero-order valence-electron chi connectivity index (χ0n) is 16.1. The number of carbonyl (C=O) groups excluding carboxylic acids is 2. The van der Waals surface area contributed by atoms with Gasteiger partial charge in [-0.05, 0) is 55.3 Å². The van der Waals surface area contributed by atoms with Crippen molar-refractivity contribution in [1.29, 1.82) is 5.26 Å². The fourth-order valence-corrected chi connectivity index (χ4v) is 3.15. The number of benzene rings is 2. The maximum Gasteiger partial charge on any atom is 0.344 e. The van der Waals surface area contributed by atoms with E-state index in [1.807, 2.05) is 6.07 Å². The van der Waals surface area contributed by atoms with Crippen LogP contribution in [-0.4, -0.2) is 25.1 Å². The van der Waals surface area contributed by atoms with E-state index in [2.05, 4.69) is 5.32 Å². The molecule has 6 nitrogen and oxygen atoms in total. The van der Waals surface area contributed by atoms with Crippen LogP contribution in [0.4, 0.5) is 5.69 Å². The molecule has 0 heterocycles. The predicted molar refractivity (Wildman–Crippen MR) is 117 cm³/mol. The van der Waals surface area contributed by atoms with E-state index < -0.39 is 11.9 Å². The number of ether oxygens (including phenoxy) is 2. The van der Waals surface area contributed by atoms with Crippen molar-refractivity contribution >= 4 is 58.4 Å². The maximum atomic E-state index is 12.5. The number of anilines is 1. The number of rotatable bonds is 7. The van der Waals surface area contributed by atoms with Crippen LogP contribution in [0.5, 0.6) is 5.75 Å². The number of hydrogen-bond acceptors (Lipinski definition) is 5. The van der Waals surface area contributed by atoms with Gasteiger partial charge >= 0.3 is 5.97 Å². The molecule has 0 fully saturated rings. The van der Waals surface area contributed by atoms with Gasteiger partial charge in [-0.1, -0.05) is 40.9 Å². The number of esters is 1. The lowest BCUT2D eigenvalue weighted by Gasteiger charge is -2.11. The van der Waals surface area contributed by atoms with Crippen molar-refractivity contribution in [3.05, 3.63) is 62.1 Å². The van der Waals surface area contributed by atoms with Gasteiger partial charge in [0.2, 0.25) is 0 Å². The van der Waals surface area contributed by atoms with Gasteiger partial charge in [0.05, 0.1) is 16.7 Å². The lowest BCUT2D eigenvalue weighted by atomic mass is 10.1. The first-order valence-electron chi connectivity index (χ1n) is 8.72. The molecule has 0 spiro atoms. The van der Waals surface area contributed by atoms with Crippen LogP contribution in [0.2, 0.25) is 15.1 Å². The molecule has 0 atom stereocenters. The first-order chi connectivity index (χ1) is 14.2. The van der Waals surface area contributed by atoms with Gasteiger partial charge in [-0.3, -0.25) is 4.79 Å². The second kappa shape index (κ2) is 10.9. The molecule has 0 radical (unpaired) electrons. The molecule has 2 aromatic rings. The molecular formula is C21H17Cl3N2O4. The highest BCUT2D eigenvalue weighted by Gasteiger charge is 2.15. The number of carbonyl (C=O) groups is 2. The Kier molecular flexibility index (Phi) is 8.55. The monoisotopic (exact) mass is 466 g/mol. The summed E-state index contributed by atoms with van der Waals surface area (Å²) in [5.41, 5.74) is 1.52. The number of nitrogens with zero attached hydrogens (tertiary/aromatic N) is 1. The predicted octanol–water partition coefficient (Wildman–Crippen LogP) is 5.44. The summed E-state index contributed by atoms with van der Waals surface area (Å²) in [5.74, 6) is -1.08. The molecular weight excluding hydrogens is 451 g/mol. The van der Waals surface area contributed by atoms with Gasteiger partial charge in [0.15, 0.2) is 12.4 Å². The quantitative estimate of drug-likeness (QED) is 0.333. The Hall–Kier alpha value is -2.72. The molecule has 0 saturated heterocycles. The molecule has 156 valence electrons. The number of amides is 1. The average molecular weight is 468 g/mol. The lowest BCUT2D eigenvalue weighted by molar-refractivity contribution is -0.145. The van der Waals surface area contributed by atoms with E-state index in [4.69, 9.17) is 44.3 Å². The van der Waals surface area contributed by atoms with Gasteiger partial charge in [-0.15, -0.1) is 0 Å². The minimum absolute atomic E-state index is 0.0982. The second-order valence-corrected chi connectivity index (χ2v) is 7.24. The van der Waals surface area contributed by atoms with Gasteiger partial charge in [0.25, 0.3) is 5.91 Å². The van der Waals surface area contributed by atoms with E-state index in [1.54, 1.807) is 32.0 Å². The third kappa shape index (κ3) is 6.39. The van der Waals surface area contributed by atoms with Crippen LogP contribution in [0, 0.1) is 18.3 Å². The molecule has 9 heteroatoms. The van der Waals surface area contributed by atoms with Crippen LogP contribution in [0.3, 0.4) is 0 Å². The molecule has 0 aromatic heterocycles. The zero-order chi connectivity index (χ0) is 22.3. The summed E-state index contributed by atoms with van der Waals surface area (Å²) in [4.78, 5) is 23.9. The van der Waals surface area contributed by atoms with Gasteiger partial charge in [0.1, 0.15) is 11.6 Å². The van der Waals surface area contributed by atoms with E-state index in [-0.39, 0.29) is 34.6 Å². The molecule has 1 N–H and O–H groups in total. The minimum Gasteiger partial charge on any atom is -0.479 e. The highest BCUT2D eigenvalue weighted by atomic mass is 35.5. The average Bonchev–Trinajstić information content (AvgIpc) is 2.68. The first-order valence-corrected chi connectivity index (χ1v) is 9.85. The van der Waals surface area contributed by atoms with Crippen LogP contribution in [0.15, 0.2) is 35.9 Å². The highest BCUT2D eigenvalue weighted by molar-refractivity contribution is 6.37. The van der Waals surface area contributed by atoms with Crippen LogP contribution >= 0.6 is 34.8 Å². The van der Waals surface area contributed by atoms with Crippen LogP contribution < -0.4 is 10.1 Å². The molecule has 0 aliphatic rings. The van der Waals surface area contributed by atoms with Crippen LogP contribution in [0.25, 0.3) is 6.08 Å². The van der Waals surface area contributed by atoms with Gasteiger partial charge in [0, 0.05) is 10.7 Å². The normalized spacial score (nSPS) is 10.9. The van der Waals surface area contributed by atoms with Crippen molar-refractivity contribution in [1.82, 2.24) is 0 Å². The SMILES string of the molecule is CCOC(=O)COc1c(Cl)cc(/C=C(\C#N)C(=O)Nc2cc(Cl)ccc2C)cc1Cl. The van der Waals surface area contributed by atoms with Crippen molar-refractivity contribution in [3.63, 3.8) is 0 Å². The third-order valence-corrected chi connectivity index (χ3v) is 4.58. The van der Waals surface area contributed by atoms with Crippen molar-refractivity contribution in [3.8, 4) is 11.8 Å². The number of hydrogen-bond donors (Lipinski definition) is 1. The second-order valence-electron chi connectivity index (χ2n) is 5.99. The fourth-order valence-electron chi connectivity index (χ4n) is 2.37. The number of nitrogens with one attached hydrogen (secondary N) is 1. The third-order valence-electron chi connectivity index (χ3n) is 3.78. The summed E-state index contributed by atoms with van der Waals surface area (Å²) in [6.07, 6.45) is 1.34. The molecule has 0 unspecified atom stereocenters. The van der Waals surface area contributed by atoms with E-state index in [0.717, 1.165) is 5.56 Å². The molecule has 30 heavy (non-hydrogen) atoms. The molecule has 0 aliphatic carbocycles. The van der Waals surface area contributed by atoms with Crippen molar-refractivity contribution < 1.29 is 19.1 Å². The molecule has 1 amide bonds. The fraction of sp³-hybridized carbons (Fsp3) is 0.190. The summed E-state index contributed by atoms with van der Waals surface area (Å²) in [5, 5.41) is 12.7. The Morgan fingerprint density at radius 3 is 2.43 bits per heavy atom. The molecule has 0 saturated carbocycles. The Bertz CT molecular complexity index is 1020. The Balaban J connectivity index is 2.22. The van der Waals surface area contributed by atoms with E-state index in [0.29, 0.717) is 16.3 Å². The first kappa shape index (κ1) is 23.6. The van der Waals surface area contributed by atoms with E-state index >= 15 is 0 Å². The summed E-state index contributed by atoms with van der Waals surface area (Å²) >= 11 is 18.3. The summed E-state index contributed by atoms with van der Waals surface area (Å²) in [7, 11) is 0. The van der Waals surface area contributed by atoms with Crippen LogP contribution in [-0.2, 0) is 14.3 Å². The smallest absolute Gasteiger partial charge is 0.344 e. The zero-order valence-corrected chi connectivity index (χ0v) is 18.4. The largest absolute Gasteiger partial charge is 0.479 e. The van der Waals surface area contributed by atoms with Crippen LogP contribution in [0.1, 0.15) is 18.1 Å². The Morgan fingerprint density at radius 2 is 1.83 bits per heavy atom. The van der Waals surface area contributed by atoms with Crippen molar-refractivity contribution in [2.24, 2.45) is 0 Å². The molecule has 0 bridgehead atoms. The molecule has 0 aliphatic heterocycles. The lowest BCUT2D eigenvalue weighted by Crippen LogP contribution is -2.15. The summed E-state index contributed by atoms with van der Waals surface area (Å²) in [6.45, 7) is 3.35. The molecule has 2 rings (SSSR count). The highest BCUT2D eigenvalue weighted by Crippen LogP contribution is 2.35. The number of nitriles is 1. The summed E-state index contributed by atoms with van der Waals surface area (Å²) < 4.78 is 10.1. The summed E-state index contributed by atoms with van der Waals surface area (Å²) in [6, 6.07) is 9.81. The maximum absolute atomic E-state index is 12.5. The van der Waals surface area contributed by atoms with Gasteiger partial charge < -0.3 is 14.8 Å².